The normalized spacial score (nSPS) is 11.8. The Morgan fingerprint density at radius 1 is 1.20 bits per heavy atom. The molecule has 1 amide bonds. The molecule has 1 aromatic heterocycles. The molecule has 0 fully saturated rings. The molecule has 0 saturated heterocycles. The molecule has 1 N–H and O–H groups in total. The topological polar surface area (TPSA) is 79.4 Å². The Kier molecular flexibility index (Phi) is 4.85. The minimum atomic E-state index is -3.51. The highest BCUT2D eigenvalue weighted by Gasteiger charge is 2.20. The minimum absolute atomic E-state index is 0.217. The smallest absolute Gasteiger partial charge is 0.257 e. The van der Waals surface area contributed by atoms with Gasteiger partial charge in [-0.1, -0.05) is 36.5 Å². The predicted octanol–water partition coefficient (Wildman–Crippen LogP) is 3.19. The quantitative estimate of drug-likeness (QED) is 0.743. The number of aromatic nitrogens is 1. The first-order valence-corrected chi connectivity index (χ1v) is 9.91. The average molecular weight is 375 g/mol. The molecule has 0 spiro atoms. The fourth-order valence-electron chi connectivity index (χ4n) is 2.23. The molecule has 2 aromatic carbocycles. The van der Waals surface area contributed by atoms with Crippen LogP contribution in [0.4, 0.5) is 5.13 Å². The molecule has 6 nitrogen and oxygen atoms in total. The van der Waals surface area contributed by atoms with Crippen LogP contribution in [-0.4, -0.2) is 37.2 Å². The lowest BCUT2D eigenvalue weighted by Gasteiger charge is -2.14. The van der Waals surface area contributed by atoms with Gasteiger partial charge in [0.05, 0.1) is 15.1 Å². The summed E-state index contributed by atoms with van der Waals surface area (Å²) in [5.74, 6) is -0.252. The Morgan fingerprint density at radius 3 is 2.60 bits per heavy atom. The molecule has 1 heterocycles. The molecule has 0 saturated carbocycles. The summed E-state index contributed by atoms with van der Waals surface area (Å²) in [5.41, 5.74) is 1.18. The zero-order valence-electron chi connectivity index (χ0n) is 13.8. The number of carbonyl (C=O) groups excluding carboxylic acids is 1. The summed E-state index contributed by atoms with van der Waals surface area (Å²) in [4.78, 5) is 16.8. The van der Waals surface area contributed by atoms with Crippen LogP contribution >= 0.6 is 11.3 Å². The van der Waals surface area contributed by atoms with E-state index in [4.69, 9.17) is 0 Å². The fourth-order valence-corrected chi connectivity index (χ4v) is 4.41. The van der Waals surface area contributed by atoms with Crippen molar-refractivity contribution in [2.45, 2.75) is 11.8 Å². The minimum Gasteiger partial charge on any atom is -0.298 e. The first kappa shape index (κ1) is 17.5. The number of hydrogen-bond donors (Lipinski definition) is 1. The van der Waals surface area contributed by atoms with E-state index in [9.17, 15) is 13.2 Å². The molecule has 0 bridgehead atoms. The van der Waals surface area contributed by atoms with Crippen molar-refractivity contribution in [1.82, 2.24) is 9.29 Å². The lowest BCUT2D eigenvalue weighted by Crippen LogP contribution is -2.26. The van der Waals surface area contributed by atoms with Crippen molar-refractivity contribution in [2.24, 2.45) is 0 Å². The second-order valence-corrected chi connectivity index (χ2v) is 8.46. The molecular formula is C17H17N3O3S2. The van der Waals surface area contributed by atoms with Gasteiger partial charge >= 0.3 is 0 Å². The lowest BCUT2D eigenvalue weighted by atomic mass is 10.2. The summed E-state index contributed by atoms with van der Waals surface area (Å²) < 4.78 is 26.8. The van der Waals surface area contributed by atoms with Crippen LogP contribution in [0.2, 0.25) is 0 Å². The van der Waals surface area contributed by atoms with Crippen molar-refractivity contribution in [3.8, 4) is 0 Å². The van der Waals surface area contributed by atoms with Gasteiger partial charge in [0.2, 0.25) is 10.0 Å². The number of thiazole rings is 1. The van der Waals surface area contributed by atoms with Crippen LogP contribution < -0.4 is 5.32 Å². The van der Waals surface area contributed by atoms with Crippen molar-refractivity contribution >= 4 is 42.6 Å². The number of nitrogens with one attached hydrogen (secondary N) is 1. The zero-order valence-corrected chi connectivity index (χ0v) is 15.4. The number of fused-ring (bicyclic) bond motifs is 1. The maximum atomic E-state index is 12.4. The summed E-state index contributed by atoms with van der Waals surface area (Å²) in [6.07, 6.45) is 0. The Bertz CT molecular complexity index is 1010. The van der Waals surface area contributed by atoms with Crippen LogP contribution in [0.5, 0.6) is 0 Å². The third-order valence-corrected chi connectivity index (χ3v) is 6.63. The van der Waals surface area contributed by atoms with Crippen molar-refractivity contribution < 1.29 is 13.2 Å². The molecule has 3 aromatic rings. The van der Waals surface area contributed by atoms with Crippen LogP contribution in [0, 0.1) is 0 Å². The lowest BCUT2D eigenvalue weighted by molar-refractivity contribution is 0.102. The van der Waals surface area contributed by atoms with Gasteiger partial charge in [-0.15, -0.1) is 0 Å². The first-order chi connectivity index (χ1) is 11.9. The van der Waals surface area contributed by atoms with Crippen molar-refractivity contribution in [3.05, 3.63) is 54.1 Å². The van der Waals surface area contributed by atoms with Crippen LogP contribution in [-0.2, 0) is 10.0 Å². The number of amides is 1. The molecule has 25 heavy (non-hydrogen) atoms. The zero-order chi connectivity index (χ0) is 18.0. The highest BCUT2D eigenvalue weighted by molar-refractivity contribution is 7.89. The number of benzene rings is 2. The van der Waals surface area contributed by atoms with E-state index in [1.807, 2.05) is 6.07 Å². The van der Waals surface area contributed by atoms with Crippen LogP contribution in [0.3, 0.4) is 0 Å². The number of anilines is 1. The summed E-state index contributed by atoms with van der Waals surface area (Å²) in [7, 11) is -1.97. The SMILES string of the molecule is CCN(C)S(=O)(=O)c1ccc2nc(NC(=O)c3ccccc3)sc2c1. The highest BCUT2D eigenvalue weighted by Crippen LogP contribution is 2.29. The number of carbonyl (C=O) groups is 1. The average Bonchev–Trinajstić information content (AvgIpc) is 3.02. The van der Waals surface area contributed by atoms with E-state index >= 15 is 0 Å². The summed E-state index contributed by atoms with van der Waals surface area (Å²) in [6, 6.07) is 13.6. The number of sulfonamides is 1. The molecule has 0 atom stereocenters. The maximum Gasteiger partial charge on any atom is 0.257 e. The van der Waals surface area contributed by atoms with E-state index in [1.54, 1.807) is 43.3 Å². The van der Waals surface area contributed by atoms with E-state index in [2.05, 4.69) is 10.3 Å². The summed E-state index contributed by atoms with van der Waals surface area (Å²) in [5, 5.41) is 3.18. The molecule has 0 aliphatic carbocycles. The highest BCUT2D eigenvalue weighted by atomic mass is 32.2. The second kappa shape index (κ2) is 6.91. The van der Waals surface area contributed by atoms with Crippen LogP contribution in [0.15, 0.2) is 53.4 Å². The van der Waals surface area contributed by atoms with E-state index in [-0.39, 0.29) is 10.8 Å². The van der Waals surface area contributed by atoms with Gasteiger partial charge < -0.3 is 0 Å². The fraction of sp³-hybridized carbons (Fsp3) is 0.176. The Hall–Kier alpha value is -2.29. The van der Waals surface area contributed by atoms with Gasteiger partial charge in [-0.3, -0.25) is 10.1 Å². The number of rotatable bonds is 5. The number of hydrogen-bond acceptors (Lipinski definition) is 5. The van der Waals surface area contributed by atoms with E-state index in [0.717, 1.165) is 0 Å². The largest absolute Gasteiger partial charge is 0.298 e. The van der Waals surface area contributed by atoms with E-state index < -0.39 is 10.0 Å². The summed E-state index contributed by atoms with van der Waals surface area (Å²) in [6.45, 7) is 2.17. The first-order valence-electron chi connectivity index (χ1n) is 7.65. The van der Waals surface area contributed by atoms with Gasteiger partial charge in [0.1, 0.15) is 0 Å². The number of nitrogens with zero attached hydrogens (tertiary/aromatic N) is 2. The molecule has 0 radical (unpaired) electrons. The van der Waals surface area contributed by atoms with Gasteiger partial charge in [0.15, 0.2) is 5.13 Å². The van der Waals surface area contributed by atoms with Gasteiger partial charge in [-0.2, -0.15) is 0 Å². The Morgan fingerprint density at radius 2 is 1.92 bits per heavy atom. The summed E-state index contributed by atoms with van der Waals surface area (Å²) >= 11 is 1.24. The Labute approximate surface area is 150 Å². The standard InChI is InChI=1S/C17H17N3O3S2/c1-3-20(2)25(22,23)13-9-10-14-15(11-13)24-17(18-14)19-16(21)12-7-5-4-6-8-12/h4-11H,3H2,1-2H3,(H,18,19,21). The maximum absolute atomic E-state index is 12.4. The molecule has 0 aliphatic rings. The van der Waals surface area contributed by atoms with Gasteiger partial charge in [-0.25, -0.2) is 17.7 Å². The van der Waals surface area contributed by atoms with Crippen molar-refractivity contribution in [2.75, 3.05) is 18.9 Å². The third-order valence-electron chi connectivity index (χ3n) is 3.77. The van der Waals surface area contributed by atoms with Gasteiger partial charge in [0.25, 0.3) is 5.91 Å². The molecule has 130 valence electrons. The molecule has 8 heteroatoms. The molecule has 3 rings (SSSR count). The molecule has 0 unspecified atom stereocenters. The van der Waals surface area contributed by atoms with E-state index in [1.165, 1.54) is 28.8 Å². The van der Waals surface area contributed by atoms with Crippen molar-refractivity contribution in [1.29, 1.82) is 0 Å². The molecule has 0 aliphatic heterocycles. The monoisotopic (exact) mass is 375 g/mol. The van der Waals surface area contributed by atoms with Gasteiger partial charge in [-0.05, 0) is 30.3 Å². The van der Waals surface area contributed by atoms with Crippen LogP contribution in [0.25, 0.3) is 10.2 Å². The van der Waals surface area contributed by atoms with Gasteiger partial charge in [0, 0.05) is 19.2 Å². The molecular weight excluding hydrogens is 358 g/mol. The second-order valence-electron chi connectivity index (χ2n) is 5.39. The van der Waals surface area contributed by atoms with E-state index in [0.29, 0.717) is 27.5 Å². The van der Waals surface area contributed by atoms with Crippen molar-refractivity contribution in [3.63, 3.8) is 0 Å². The third kappa shape index (κ3) is 3.55. The Balaban J connectivity index is 1.90. The van der Waals surface area contributed by atoms with Crippen LogP contribution in [0.1, 0.15) is 17.3 Å². The predicted molar refractivity (Wildman–Crippen MR) is 99.5 cm³/mol.